The summed E-state index contributed by atoms with van der Waals surface area (Å²) in [5, 5.41) is 14.2. The normalized spacial score (nSPS) is 20.0. The van der Waals surface area contributed by atoms with Crippen molar-refractivity contribution in [3.8, 4) is 5.75 Å². The van der Waals surface area contributed by atoms with Gasteiger partial charge in [0, 0.05) is 6.42 Å². The van der Waals surface area contributed by atoms with E-state index < -0.39 is 37.3 Å². The van der Waals surface area contributed by atoms with Crippen LogP contribution in [0.2, 0.25) is 18.1 Å². The van der Waals surface area contributed by atoms with Gasteiger partial charge < -0.3 is 24.3 Å². The van der Waals surface area contributed by atoms with Gasteiger partial charge in [-0.05, 0) is 47.0 Å². The van der Waals surface area contributed by atoms with E-state index in [2.05, 4.69) is 55.7 Å². The summed E-state index contributed by atoms with van der Waals surface area (Å²) in [6.45, 7) is 14.6. The first-order valence-electron chi connectivity index (χ1n) is 16.5. The number of aromatic nitrogens is 4. The minimum absolute atomic E-state index is 0.0571. The van der Waals surface area contributed by atoms with Crippen molar-refractivity contribution in [2.75, 3.05) is 19.0 Å². The molecule has 256 valence electrons. The van der Waals surface area contributed by atoms with Crippen LogP contribution < -0.4 is 15.6 Å². The number of benzene rings is 3. The number of aromatic amines is 1. The van der Waals surface area contributed by atoms with Crippen molar-refractivity contribution in [1.82, 2.24) is 19.5 Å². The second kappa shape index (κ2) is 13.1. The topological polar surface area (TPSA) is 124 Å². The number of methoxy groups -OCH3 is 1. The van der Waals surface area contributed by atoms with E-state index in [4.69, 9.17) is 18.9 Å². The molecule has 6 rings (SSSR count). The van der Waals surface area contributed by atoms with Gasteiger partial charge in [0.2, 0.25) is 5.95 Å². The van der Waals surface area contributed by atoms with Gasteiger partial charge in [-0.3, -0.25) is 14.3 Å². The zero-order valence-electron chi connectivity index (χ0n) is 28.9. The third kappa shape index (κ3) is 6.12. The van der Waals surface area contributed by atoms with Crippen molar-refractivity contribution in [3.63, 3.8) is 0 Å². The van der Waals surface area contributed by atoms with Gasteiger partial charge in [0.15, 0.2) is 19.5 Å². The lowest BCUT2D eigenvalue weighted by Crippen LogP contribution is -2.51. The van der Waals surface area contributed by atoms with Gasteiger partial charge in [0.05, 0.1) is 26.1 Å². The molecule has 1 aliphatic heterocycles. The maximum atomic E-state index is 13.7. The summed E-state index contributed by atoms with van der Waals surface area (Å²) in [6.07, 6.45) is 2.51. The fraction of sp³-hybridized carbons (Fsp3) is 0.342. The average Bonchev–Trinajstić information content (AvgIpc) is 3.69. The van der Waals surface area contributed by atoms with Crippen molar-refractivity contribution in [1.29, 1.82) is 0 Å². The van der Waals surface area contributed by atoms with Crippen molar-refractivity contribution >= 4 is 25.4 Å². The number of aliphatic hydroxyl groups is 1. The lowest BCUT2D eigenvalue weighted by Gasteiger charge is -2.41. The Hall–Kier alpha value is -4.55. The summed E-state index contributed by atoms with van der Waals surface area (Å²) in [5.74, 6) is 0.966. The minimum atomic E-state index is -2.26. The number of nitrogens with zero attached hydrogens (tertiary/aromatic N) is 3. The first kappa shape index (κ1) is 34.3. The SMILES string of the molecule is C=C[C@]1(CO)O[C@@H](n2cnc3c(=O)[nH]c(NC(c4ccccc4)(c4ccccc4)c4ccc(OC)cc4)nc32)C[C@@H]1O[Si](C)(C)C(C)(C)C. The van der Waals surface area contributed by atoms with Crippen molar-refractivity contribution in [3.05, 3.63) is 131 Å². The molecule has 5 aromatic rings. The lowest BCUT2D eigenvalue weighted by atomic mass is 9.77. The molecule has 49 heavy (non-hydrogen) atoms. The van der Waals surface area contributed by atoms with Crippen LogP contribution in [0.1, 0.15) is 50.1 Å². The summed E-state index contributed by atoms with van der Waals surface area (Å²) in [7, 11) is -0.623. The van der Waals surface area contributed by atoms with Gasteiger partial charge in [0.1, 0.15) is 23.1 Å². The first-order chi connectivity index (χ1) is 23.4. The molecule has 10 nitrogen and oxygen atoms in total. The van der Waals surface area contributed by atoms with Gasteiger partial charge in [-0.15, -0.1) is 6.58 Å². The second-order valence-electron chi connectivity index (χ2n) is 14.1. The van der Waals surface area contributed by atoms with E-state index in [1.165, 1.54) is 0 Å². The predicted molar refractivity (Wildman–Crippen MR) is 194 cm³/mol. The van der Waals surface area contributed by atoms with Gasteiger partial charge >= 0.3 is 0 Å². The van der Waals surface area contributed by atoms with E-state index in [0.29, 0.717) is 12.1 Å². The fourth-order valence-electron chi connectivity index (χ4n) is 6.30. The highest BCUT2D eigenvalue weighted by Gasteiger charge is 2.52. The number of anilines is 1. The molecular formula is C38H45N5O5Si. The number of ether oxygens (including phenoxy) is 2. The summed E-state index contributed by atoms with van der Waals surface area (Å²) in [6, 6.07) is 27.9. The summed E-state index contributed by atoms with van der Waals surface area (Å²) in [4.78, 5) is 26.0. The van der Waals surface area contributed by atoms with Crippen LogP contribution in [0.15, 0.2) is 109 Å². The number of fused-ring (bicyclic) bond motifs is 1. The Morgan fingerprint density at radius 3 is 2.16 bits per heavy atom. The number of H-pyrrole nitrogens is 1. The molecule has 3 atom stereocenters. The highest BCUT2D eigenvalue weighted by Crippen LogP contribution is 2.46. The molecule has 2 aromatic heterocycles. The second-order valence-corrected chi connectivity index (χ2v) is 18.8. The molecule has 1 aliphatic rings. The molecular weight excluding hydrogens is 635 g/mol. The molecule has 0 spiro atoms. The van der Waals surface area contributed by atoms with E-state index in [1.807, 2.05) is 84.9 Å². The van der Waals surface area contributed by atoms with Crippen molar-refractivity contribution in [2.24, 2.45) is 0 Å². The minimum Gasteiger partial charge on any atom is -0.497 e. The number of hydrogen-bond acceptors (Lipinski definition) is 8. The maximum absolute atomic E-state index is 13.7. The van der Waals surface area contributed by atoms with Gasteiger partial charge in [-0.25, -0.2) is 4.98 Å². The average molecular weight is 680 g/mol. The zero-order valence-corrected chi connectivity index (χ0v) is 29.9. The largest absolute Gasteiger partial charge is 0.497 e. The Kier molecular flexibility index (Phi) is 9.14. The standard InChI is InChI=1S/C38H45N5O5Si/c1-8-37(24-44)30(48-49(6,7)36(2,3)4)23-31(47-37)43-25-39-32-33(43)40-35(41-34(32)45)42-38(26-15-11-9-12-16-26,27-17-13-10-14-18-27)28-19-21-29(46-5)22-20-28/h8-22,25,30-31,44H,1,23-24H2,2-7H3,(H2,40,41,42,45)/t30-,31+,37+/m0/s1. The molecule has 0 saturated carbocycles. The number of hydrogen-bond donors (Lipinski definition) is 3. The first-order valence-corrected chi connectivity index (χ1v) is 19.4. The van der Waals surface area contributed by atoms with Crippen LogP contribution in [0, 0.1) is 0 Å². The van der Waals surface area contributed by atoms with E-state index in [0.717, 1.165) is 22.4 Å². The zero-order chi connectivity index (χ0) is 35.0. The molecule has 0 unspecified atom stereocenters. The number of nitrogens with one attached hydrogen (secondary N) is 2. The summed E-state index contributed by atoms with van der Waals surface area (Å²) in [5.41, 5.74) is 0.783. The summed E-state index contributed by atoms with van der Waals surface area (Å²) >= 11 is 0. The van der Waals surface area contributed by atoms with Crippen LogP contribution >= 0.6 is 0 Å². The summed E-state index contributed by atoms with van der Waals surface area (Å²) < 4.78 is 20.6. The fourth-order valence-corrected chi connectivity index (χ4v) is 7.66. The van der Waals surface area contributed by atoms with Crippen molar-refractivity contribution in [2.45, 2.75) is 68.8 Å². The van der Waals surface area contributed by atoms with Gasteiger partial charge in [0.25, 0.3) is 5.56 Å². The molecule has 0 radical (unpaired) electrons. The van der Waals surface area contributed by atoms with E-state index in [9.17, 15) is 9.90 Å². The Labute approximate surface area is 287 Å². The molecule has 0 bridgehead atoms. The molecule has 3 heterocycles. The third-order valence-corrected chi connectivity index (χ3v) is 14.6. The number of aliphatic hydroxyl groups excluding tert-OH is 1. The molecule has 1 saturated heterocycles. The number of rotatable bonds is 11. The quantitative estimate of drug-likeness (QED) is 0.0796. The molecule has 0 amide bonds. The monoisotopic (exact) mass is 679 g/mol. The Morgan fingerprint density at radius 1 is 1.04 bits per heavy atom. The van der Waals surface area contributed by atoms with Crippen molar-refractivity contribution < 1.29 is 19.0 Å². The van der Waals surface area contributed by atoms with Crippen LogP contribution in [0.5, 0.6) is 5.75 Å². The lowest BCUT2D eigenvalue weighted by molar-refractivity contribution is -0.0928. The molecule has 0 aliphatic carbocycles. The Bertz CT molecular complexity index is 1930. The van der Waals surface area contributed by atoms with E-state index in [1.54, 1.807) is 24.1 Å². The van der Waals surface area contributed by atoms with E-state index in [-0.39, 0.29) is 23.1 Å². The molecule has 11 heteroatoms. The van der Waals surface area contributed by atoms with Crippen LogP contribution in [0.4, 0.5) is 5.95 Å². The third-order valence-electron chi connectivity index (χ3n) is 10.1. The molecule has 3 N–H and O–H groups in total. The highest BCUT2D eigenvalue weighted by atomic mass is 28.4. The molecule has 1 fully saturated rings. The van der Waals surface area contributed by atoms with Gasteiger partial charge in [-0.1, -0.05) is 99.6 Å². The Morgan fingerprint density at radius 2 is 1.63 bits per heavy atom. The van der Waals surface area contributed by atoms with Crippen LogP contribution in [-0.2, 0) is 14.7 Å². The molecule has 3 aromatic carbocycles. The maximum Gasteiger partial charge on any atom is 0.280 e. The van der Waals surface area contributed by atoms with Crippen LogP contribution in [0.25, 0.3) is 11.2 Å². The number of imidazole rings is 1. The van der Waals surface area contributed by atoms with Crippen LogP contribution in [0.3, 0.4) is 0 Å². The van der Waals surface area contributed by atoms with E-state index >= 15 is 0 Å². The smallest absolute Gasteiger partial charge is 0.280 e. The Balaban J connectivity index is 1.47. The predicted octanol–water partition coefficient (Wildman–Crippen LogP) is 6.76. The van der Waals surface area contributed by atoms with Gasteiger partial charge in [-0.2, -0.15) is 4.98 Å². The van der Waals surface area contributed by atoms with Crippen LogP contribution in [-0.4, -0.2) is 58.4 Å². The highest BCUT2D eigenvalue weighted by molar-refractivity contribution is 6.74.